The topological polar surface area (TPSA) is 76.1 Å². The van der Waals surface area contributed by atoms with Crippen LogP contribution in [0.3, 0.4) is 0 Å². The predicted octanol–water partition coefficient (Wildman–Crippen LogP) is 12.9. The van der Waals surface area contributed by atoms with Gasteiger partial charge in [-0.2, -0.15) is 0 Å². The van der Waals surface area contributed by atoms with E-state index in [1.807, 2.05) is 14.2 Å². The first kappa shape index (κ1) is 53.3. The minimum Gasteiger partial charge on any atom is -0.395 e. The highest BCUT2D eigenvalue weighted by atomic mass is 16.5. The molecule has 1 fully saturated rings. The monoisotopic (exact) mass is 740 g/mol. The van der Waals surface area contributed by atoms with Gasteiger partial charge in [0.25, 0.3) is 0 Å². The summed E-state index contributed by atoms with van der Waals surface area (Å²) in [5, 5.41) is 9.06. The van der Waals surface area contributed by atoms with Crippen molar-refractivity contribution in [3.8, 4) is 0 Å². The standard InChI is InChI=1S/C18H38O.C16H31NO3.C12H24O/c1-4-6-8-10-12-14-16-18(19-3)17-15-13-11-9-7-5-2;18-14-9-5-2-1-3-7-11-17(13-16-20)12-8-4-6-10-15-19;1-3-4-5-6-11-7-9-12(13-2)10-8-11/h18H,4-17H2,1-3H3;14-15,20H,1-13,16H2;11-12H,3-10H2,1-2H3. The molecule has 6 nitrogen and oxygen atoms in total. The molecule has 1 N–H and O–H groups in total. The minimum absolute atomic E-state index is 0.216. The first-order valence-corrected chi connectivity index (χ1v) is 22.8. The molecule has 1 aliphatic rings. The largest absolute Gasteiger partial charge is 0.395 e. The van der Waals surface area contributed by atoms with Crippen LogP contribution in [0.1, 0.15) is 226 Å². The second kappa shape index (κ2) is 46.3. The molecule has 0 amide bonds. The van der Waals surface area contributed by atoms with Crippen molar-refractivity contribution in [2.75, 3.05) is 40.5 Å². The maximum atomic E-state index is 10.2. The van der Waals surface area contributed by atoms with Crippen molar-refractivity contribution >= 4 is 12.6 Å². The fourth-order valence-electron chi connectivity index (χ4n) is 7.33. The van der Waals surface area contributed by atoms with E-state index in [9.17, 15) is 9.59 Å². The summed E-state index contributed by atoms with van der Waals surface area (Å²) in [5.74, 6) is 1.01. The van der Waals surface area contributed by atoms with Crippen LogP contribution in [0.4, 0.5) is 0 Å². The normalized spacial score (nSPS) is 15.6. The van der Waals surface area contributed by atoms with Gasteiger partial charge >= 0.3 is 0 Å². The maximum absolute atomic E-state index is 10.2. The maximum Gasteiger partial charge on any atom is 0.119 e. The lowest BCUT2D eigenvalue weighted by atomic mass is 9.84. The van der Waals surface area contributed by atoms with E-state index in [1.54, 1.807) is 0 Å². The van der Waals surface area contributed by atoms with Gasteiger partial charge in [0.2, 0.25) is 0 Å². The predicted molar refractivity (Wildman–Crippen MR) is 226 cm³/mol. The Balaban J connectivity index is 0. The van der Waals surface area contributed by atoms with Crippen LogP contribution in [-0.4, -0.2) is 75.2 Å². The summed E-state index contributed by atoms with van der Waals surface area (Å²) in [4.78, 5) is 22.7. The molecule has 0 atom stereocenters. The van der Waals surface area contributed by atoms with E-state index in [0.29, 0.717) is 25.0 Å². The lowest BCUT2D eigenvalue weighted by Gasteiger charge is -2.27. The summed E-state index contributed by atoms with van der Waals surface area (Å²) >= 11 is 0. The first-order valence-electron chi connectivity index (χ1n) is 22.8. The van der Waals surface area contributed by atoms with E-state index in [2.05, 4.69) is 25.7 Å². The third-order valence-electron chi connectivity index (χ3n) is 10.9. The highest BCUT2D eigenvalue weighted by Gasteiger charge is 2.20. The summed E-state index contributed by atoms with van der Waals surface area (Å²) in [6.45, 7) is 9.86. The highest BCUT2D eigenvalue weighted by molar-refractivity contribution is 5.49. The number of carbonyl (C=O) groups excluding carboxylic acids is 2. The summed E-state index contributed by atoms with van der Waals surface area (Å²) in [5.41, 5.74) is 0. The van der Waals surface area contributed by atoms with Crippen LogP contribution in [0.5, 0.6) is 0 Å². The van der Waals surface area contributed by atoms with Gasteiger partial charge < -0.3 is 29.1 Å². The van der Waals surface area contributed by atoms with Crippen LogP contribution in [0.25, 0.3) is 0 Å². The molecule has 0 aromatic heterocycles. The van der Waals surface area contributed by atoms with Gasteiger partial charge in [-0.05, 0) is 83.2 Å². The molecule has 1 saturated carbocycles. The number of carbonyl (C=O) groups is 2. The molecule has 6 heteroatoms. The van der Waals surface area contributed by atoms with Crippen LogP contribution >= 0.6 is 0 Å². The van der Waals surface area contributed by atoms with Crippen LogP contribution in [0.15, 0.2) is 0 Å². The van der Waals surface area contributed by atoms with Gasteiger partial charge in [0.1, 0.15) is 12.6 Å². The van der Waals surface area contributed by atoms with Crippen molar-refractivity contribution in [3.05, 3.63) is 0 Å². The van der Waals surface area contributed by atoms with E-state index in [4.69, 9.17) is 14.6 Å². The number of unbranched alkanes of at least 4 members (excludes halogenated alkanes) is 20. The molecule has 0 aromatic rings. The number of aliphatic hydroxyl groups is 1. The molecule has 0 aromatic carbocycles. The molecule has 0 saturated heterocycles. The van der Waals surface area contributed by atoms with Gasteiger partial charge in [-0.15, -0.1) is 0 Å². The molecule has 0 radical (unpaired) electrons. The highest BCUT2D eigenvalue weighted by Crippen LogP contribution is 2.29. The molecular weight excluding hydrogens is 647 g/mol. The van der Waals surface area contributed by atoms with Crippen molar-refractivity contribution < 1.29 is 24.2 Å². The fourth-order valence-corrected chi connectivity index (χ4v) is 7.33. The number of hydrogen-bond acceptors (Lipinski definition) is 6. The lowest BCUT2D eigenvalue weighted by Crippen LogP contribution is -2.29. The van der Waals surface area contributed by atoms with Crippen LogP contribution in [0.2, 0.25) is 0 Å². The number of aldehydes is 2. The van der Waals surface area contributed by atoms with Gasteiger partial charge in [0.05, 0.1) is 18.8 Å². The van der Waals surface area contributed by atoms with E-state index in [1.165, 1.54) is 154 Å². The molecule has 1 aliphatic carbocycles. The van der Waals surface area contributed by atoms with E-state index in [-0.39, 0.29) is 6.61 Å². The first-order chi connectivity index (χ1) is 25.6. The van der Waals surface area contributed by atoms with E-state index in [0.717, 1.165) is 76.6 Å². The third kappa shape index (κ3) is 40.4. The Kier molecular flexibility index (Phi) is 47.5. The van der Waals surface area contributed by atoms with Gasteiger partial charge in [-0.1, -0.05) is 149 Å². The SMILES string of the molecule is CCCCCC1CCC(OC)CC1.CCCCCCCCC(CCCCCCCC)OC.O=CCCCCCCCN(CCO)CCCCCC=O. The number of nitrogens with zero attached hydrogens (tertiary/aromatic N) is 1. The molecule has 0 heterocycles. The van der Waals surface area contributed by atoms with Crippen LogP contribution < -0.4 is 0 Å². The molecule has 52 heavy (non-hydrogen) atoms. The Hall–Kier alpha value is -0.820. The Morgan fingerprint density at radius 1 is 0.558 bits per heavy atom. The molecule has 0 aliphatic heterocycles. The number of hydrogen-bond donors (Lipinski definition) is 1. The van der Waals surface area contributed by atoms with Gasteiger partial charge in [0, 0.05) is 33.6 Å². The van der Waals surface area contributed by atoms with E-state index >= 15 is 0 Å². The second-order valence-electron chi connectivity index (χ2n) is 15.6. The molecule has 0 spiro atoms. The number of methoxy groups -OCH3 is 2. The average Bonchev–Trinajstić information content (AvgIpc) is 3.17. The minimum atomic E-state index is 0.216. The van der Waals surface area contributed by atoms with Crippen LogP contribution in [-0.2, 0) is 19.1 Å². The average molecular weight is 740 g/mol. The zero-order valence-electron chi connectivity index (χ0n) is 35.9. The fraction of sp³-hybridized carbons (Fsp3) is 0.957. The summed E-state index contributed by atoms with van der Waals surface area (Å²) in [6.07, 6.45) is 43.7. The Morgan fingerprint density at radius 2 is 0.981 bits per heavy atom. The quantitative estimate of drug-likeness (QED) is 0.0509. The van der Waals surface area contributed by atoms with Crippen LogP contribution in [0, 0.1) is 5.92 Å². The van der Waals surface area contributed by atoms with Gasteiger partial charge in [-0.25, -0.2) is 0 Å². The number of aliphatic hydroxyl groups excluding tert-OH is 1. The van der Waals surface area contributed by atoms with Crippen molar-refractivity contribution in [1.29, 1.82) is 0 Å². The van der Waals surface area contributed by atoms with Crippen molar-refractivity contribution in [1.82, 2.24) is 4.90 Å². The van der Waals surface area contributed by atoms with Gasteiger partial charge in [0.15, 0.2) is 0 Å². The number of ether oxygens (including phenoxy) is 2. The van der Waals surface area contributed by atoms with Crippen molar-refractivity contribution in [2.24, 2.45) is 5.92 Å². The number of rotatable bonds is 36. The zero-order chi connectivity index (χ0) is 38.6. The molecular formula is C46H93NO5. The zero-order valence-corrected chi connectivity index (χ0v) is 35.9. The molecule has 0 bridgehead atoms. The van der Waals surface area contributed by atoms with Crippen molar-refractivity contribution in [3.63, 3.8) is 0 Å². The van der Waals surface area contributed by atoms with E-state index < -0.39 is 0 Å². The Labute approximate surface area is 325 Å². The Morgan fingerprint density at radius 3 is 1.42 bits per heavy atom. The Bertz CT molecular complexity index is 650. The summed E-state index contributed by atoms with van der Waals surface area (Å²) < 4.78 is 11.0. The summed E-state index contributed by atoms with van der Waals surface area (Å²) in [6, 6.07) is 0. The lowest BCUT2D eigenvalue weighted by molar-refractivity contribution is -0.108. The summed E-state index contributed by atoms with van der Waals surface area (Å²) in [7, 11) is 3.74. The molecule has 312 valence electrons. The smallest absolute Gasteiger partial charge is 0.119 e. The second-order valence-corrected chi connectivity index (χ2v) is 15.6. The third-order valence-corrected chi connectivity index (χ3v) is 10.9. The van der Waals surface area contributed by atoms with Crippen molar-refractivity contribution in [2.45, 2.75) is 238 Å². The molecule has 0 unspecified atom stereocenters. The molecule has 1 rings (SSSR count). The van der Waals surface area contributed by atoms with Gasteiger partial charge in [-0.3, -0.25) is 0 Å².